The molecule has 0 unspecified atom stereocenters. The molecule has 10 rings (SSSR count). The lowest BCUT2D eigenvalue weighted by atomic mass is 9.85. The van der Waals surface area contributed by atoms with E-state index in [4.69, 9.17) is 0 Å². The quantitative estimate of drug-likeness (QED) is 0.178. The molecule has 0 atom stereocenters. The largest absolute Gasteiger partial charge is 0.309 e. The van der Waals surface area contributed by atoms with E-state index < -0.39 is 0 Å². The summed E-state index contributed by atoms with van der Waals surface area (Å²) in [4.78, 5) is 0. The van der Waals surface area contributed by atoms with Gasteiger partial charge in [-0.05, 0) is 96.0 Å². The van der Waals surface area contributed by atoms with Gasteiger partial charge in [-0.2, -0.15) is 0 Å². The van der Waals surface area contributed by atoms with Crippen LogP contribution in [-0.4, -0.2) is 4.57 Å². The number of nitrogens with zero attached hydrogens (tertiary/aromatic N) is 1. The molecule has 0 amide bonds. The smallest absolute Gasteiger partial charge is 0.0547 e. The predicted octanol–water partition coefficient (Wildman–Crippen LogP) is 12.7. The molecule has 0 aliphatic rings. The first-order chi connectivity index (χ1) is 23.3. The minimum atomic E-state index is 1.18. The number of aromatic nitrogens is 1. The fraction of sp³-hybridized carbons (Fsp3) is 0. The summed E-state index contributed by atoms with van der Waals surface area (Å²) in [5.74, 6) is 0. The van der Waals surface area contributed by atoms with E-state index in [1.165, 1.54) is 93.2 Å². The van der Waals surface area contributed by atoms with Gasteiger partial charge in [0.1, 0.15) is 0 Å². The minimum absolute atomic E-state index is 1.18. The Bertz CT molecular complexity index is 2740. The van der Waals surface area contributed by atoms with Gasteiger partial charge in [-0.25, -0.2) is 0 Å². The van der Waals surface area contributed by atoms with Crippen molar-refractivity contribution in [3.05, 3.63) is 176 Å². The molecule has 0 saturated heterocycles. The Morgan fingerprint density at radius 1 is 0.298 bits per heavy atom. The van der Waals surface area contributed by atoms with Gasteiger partial charge in [0, 0.05) is 16.5 Å². The zero-order valence-corrected chi connectivity index (χ0v) is 25.7. The van der Waals surface area contributed by atoms with Gasteiger partial charge in [0.05, 0.1) is 11.0 Å². The number of rotatable bonds is 4. The molecule has 10 aromatic rings. The lowest BCUT2D eigenvalue weighted by molar-refractivity contribution is 1.18. The summed E-state index contributed by atoms with van der Waals surface area (Å²) in [6.07, 6.45) is 0. The van der Waals surface area contributed by atoms with Gasteiger partial charge in [0.2, 0.25) is 0 Å². The summed E-state index contributed by atoms with van der Waals surface area (Å²) in [6.45, 7) is 0. The van der Waals surface area contributed by atoms with Gasteiger partial charge in [-0.15, -0.1) is 0 Å². The molecule has 0 fully saturated rings. The van der Waals surface area contributed by atoms with E-state index in [0.29, 0.717) is 0 Å². The Labute approximate surface area is 272 Å². The molecular weight excluding hydrogens is 567 g/mol. The van der Waals surface area contributed by atoms with Crippen LogP contribution < -0.4 is 0 Å². The van der Waals surface area contributed by atoms with Crippen molar-refractivity contribution in [3.8, 4) is 39.1 Å². The van der Waals surface area contributed by atoms with E-state index in [1.807, 2.05) is 0 Å². The second kappa shape index (κ2) is 10.2. The zero-order valence-electron chi connectivity index (χ0n) is 25.7. The highest BCUT2D eigenvalue weighted by molar-refractivity contribution is 6.28. The number of hydrogen-bond donors (Lipinski definition) is 0. The minimum Gasteiger partial charge on any atom is -0.309 e. The van der Waals surface area contributed by atoms with Gasteiger partial charge < -0.3 is 4.57 Å². The first kappa shape index (κ1) is 26.1. The van der Waals surface area contributed by atoms with Crippen molar-refractivity contribution in [1.82, 2.24) is 4.57 Å². The maximum absolute atomic E-state index is 2.40. The first-order valence-electron chi connectivity index (χ1n) is 16.3. The van der Waals surface area contributed by atoms with E-state index >= 15 is 0 Å². The Balaban J connectivity index is 1.16. The summed E-state index contributed by atoms with van der Waals surface area (Å²) in [6, 6.07) is 64.5. The second-order valence-electron chi connectivity index (χ2n) is 12.5. The molecule has 0 spiro atoms. The molecule has 0 radical (unpaired) electrons. The van der Waals surface area contributed by atoms with Gasteiger partial charge >= 0.3 is 0 Å². The van der Waals surface area contributed by atoms with Crippen LogP contribution in [-0.2, 0) is 0 Å². The molecule has 0 aliphatic carbocycles. The van der Waals surface area contributed by atoms with Gasteiger partial charge in [-0.1, -0.05) is 146 Å². The third-order valence-corrected chi connectivity index (χ3v) is 9.95. The fourth-order valence-corrected chi connectivity index (χ4v) is 7.77. The van der Waals surface area contributed by atoms with Crippen molar-refractivity contribution in [3.63, 3.8) is 0 Å². The van der Waals surface area contributed by atoms with Gasteiger partial charge in [0.15, 0.2) is 0 Å². The Hall–Kier alpha value is -6.18. The highest BCUT2D eigenvalue weighted by atomic mass is 15.0. The molecule has 0 aliphatic heterocycles. The number of hydrogen-bond acceptors (Lipinski definition) is 0. The molecule has 0 N–H and O–H groups in total. The van der Waals surface area contributed by atoms with Crippen molar-refractivity contribution in [1.29, 1.82) is 0 Å². The fourth-order valence-electron chi connectivity index (χ4n) is 7.77. The van der Waals surface area contributed by atoms with Crippen LogP contribution in [0.5, 0.6) is 0 Å². The molecule has 9 aromatic carbocycles. The van der Waals surface area contributed by atoms with Gasteiger partial charge in [-0.3, -0.25) is 0 Å². The van der Waals surface area contributed by atoms with Crippen molar-refractivity contribution in [2.24, 2.45) is 0 Å². The molecule has 1 aromatic heterocycles. The maximum Gasteiger partial charge on any atom is 0.0547 e. The first-order valence-corrected chi connectivity index (χ1v) is 16.3. The molecular formula is C46H29N. The van der Waals surface area contributed by atoms with Crippen molar-refractivity contribution < 1.29 is 0 Å². The van der Waals surface area contributed by atoms with Crippen LogP contribution in [0.4, 0.5) is 0 Å². The lowest BCUT2D eigenvalue weighted by Crippen LogP contribution is -1.93. The van der Waals surface area contributed by atoms with E-state index in [1.54, 1.807) is 0 Å². The van der Waals surface area contributed by atoms with E-state index in [0.717, 1.165) is 0 Å². The Kier molecular flexibility index (Phi) is 5.64. The molecule has 1 heteroatoms. The van der Waals surface area contributed by atoms with Crippen molar-refractivity contribution in [2.75, 3.05) is 0 Å². The summed E-state index contributed by atoms with van der Waals surface area (Å²) in [5, 5.41) is 10.4. The van der Waals surface area contributed by atoms with Crippen LogP contribution in [0.15, 0.2) is 176 Å². The molecule has 1 nitrogen and oxygen atoms in total. The van der Waals surface area contributed by atoms with E-state index in [9.17, 15) is 0 Å². The standard InChI is InChI=1S/C46H29N/c1-3-10-31(11-4-1)41-29-42(40-27-23-34-13-9-12-33-22-26-39(41)46(40)45(33)34)32-20-18-30(19-21-32)35-24-25-38-37-16-7-8-17-43(37)47(44(38)28-35)36-14-5-2-6-15-36/h1-29H. The second-order valence-corrected chi connectivity index (χ2v) is 12.5. The average molecular weight is 596 g/mol. The highest BCUT2D eigenvalue weighted by Gasteiger charge is 2.17. The van der Waals surface area contributed by atoms with Crippen LogP contribution in [0.1, 0.15) is 0 Å². The Morgan fingerprint density at radius 3 is 1.57 bits per heavy atom. The van der Waals surface area contributed by atoms with Crippen molar-refractivity contribution in [2.45, 2.75) is 0 Å². The van der Waals surface area contributed by atoms with Gasteiger partial charge in [0.25, 0.3) is 0 Å². The van der Waals surface area contributed by atoms with Crippen molar-refractivity contribution >= 4 is 54.1 Å². The van der Waals surface area contributed by atoms with Crippen LogP contribution in [0.2, 0.25) is 0 Å². The number of benzene rings is 9. The topological polar surface area (TPSA) is 4.93 Å². The average Bonchev–Trinajstić information content (AvgIpc) is 3.48. The predicted molar refractivity (Wildman–Crippen MR) is 201 cm³/mol. The monoisotopic (exact) mass is 595 g/mol. The van der Waals surface area contributed by atoms with Crippen LogP contribution in [0.25, 0.3) is 93.2 Å². The number of fused-ring (bicyclic) bond motifs is 3. The van der Waals surface area contributed by atoms with Crippen LogP contribution in [0, 0.1) is 0 Å². The summed E-state index contributed by atoms with van der Waals surface area (Å²) < 4.78 is 2.39. The molecule has 218 valence electrons. The highest BCUT2D eigenvalue weighted by Crippen LogP contribution is 2.44. The van der Waals surface area contributed by atoms with Crippen LogP contribution >= 0.6 is 0 Å². The Morgan fingerprint density at radius 2 is 0.851 bits per heavy atom. The van der Waals surface area contributed by atoms with E-state index in [2.05, 4.69) is 180 Å². The molecule has 0 bridgehead atoms. The normalized spacial score (nSPS) is 11.8. The van der Waals surface area contributed by atoms with Crippen LogP contribution in [0.3, 0.4) is 0 Å². The maximum atomic E-state index is 2.40. The summed E-state index contributed by atoms with van der Waals surface area (Å²) in [5.41, 5.74) is 11.0. The zero-order chi connectivity index (χ0) is 30.9. The van der Waals surface area contributed by atoms with E-state index in [-0.39, 0.29) is 0 Å². The number of para-hydroxylation sites is 2. The summed E-state index contributed by atoms with van der Waals surface area (Å²) >= 11 is 0. The molecule has 47 heavy (non-hydrogen) atoms. The molecule has 0 saturated carbocycles. The third kappa shape index (κ3) is 3.97. The SMILES string of the molecule is c1ccc(-c2cc(-c3ccc(-c4ccc5c6ccccc6n(-c6ccccc6)c5c4)cc3)c3ccc4cccc5ccc2c3c54)cc1. The third-order valence-electron chi connectivity index (χ3n) is 9.95. The lowest BCUT2D eigenvalue weighted by Gasteiger charge is -2.18. The molecule has 1 heterocycles. The summed E-state index contributed by atoms with van der Waals surface area (Å²) in [7, 11) is 0.